The largest absolute Gasteiger partial charge is 0.477 e. The zero-order chi connectivity index (χ0) is 12.3. The standard InChI is InChI=1S/C9H5ClN2O4/c10-3-5-1-2-6(4-11)8(12(15)16)7(5)9(13)14/h1-2H,3H2,(H,13,14). The van der Waals surface area contributed by atoms with Crippen LogP contribution < -0.4 is 0 Å². The van der Waals surface area contributed by atoms with Gasteiger partial charge in [0.25, 0.3) is 0 Å². The fourth-order valence-corrected chi connectivity index (χ4v) is 1.49. The van der Waals surface area contributed by atoms with E-state index in [0.29, 0.717) is 0 Å². The van der Waals surface area contributed by atoms with E-state index >= 15 is 0 Å². The molecule has 1 N–H and O–H groups in total. The summed E-state index contributed by atoms with van der Waals surface area (Å²) < 4.78 is 0. The third-order valence-corrected chi connectivity index (χ3v) is 2.21. The highest BCUT2D eigenvalue weighted by atomic mass is 35.5. The minimum atomic E-state index is -1.47. The molecule has 7 heteroatoms. The van der Waals surface area contributed by atoms with Gasteiger partial charge in [0, 0.05) is 5.88 Å². The van der Waals surface area contributed by atoms with Crippen LogP contribution in [0.1, 0.15) is 21.5 Å². The molecular weight excluding hydrogens is 236 g/mol. The lowest BCUT2D eigenvalue weighted by Crippen LogP contribution is -2.08. The molecule has 1 aromatic rings. The number of carboxylic acids is 1. The van der Waals surface area contributed by atoms with E-state index < -0.39 is 22.1 Å². The average Bonchev–Trinajstić information content (AvgIpc) is 2.26. The Bertz CT molecular complexity index is 507. The lowest BCUT2D eigenvalue weighted by atomic mass is 10.0. The third-order valence-electron chi connectivity index (χ3n) is 1.93. The number of nitro benzene ring substituents is 1. The third kappa shape index (κ3) is 1.94. The Labute approximate surface area is 94.8 Å². The van der Waals surface area contributed by atoms with Crippen LogP contribution in [0.15, 0.2) is 12.1 Å². The van der Waals surface area contributed by atoms with Gasteiger partial charge in [-0.3, -0.25) is 10.1 Å². The summed E-state index contributed by atoms with van der Waals surface area (Å²) in [6, 6.07) is 4.05. The monoisotopic (exact) mass is 240 g/mol. The number of hydrogen-bond acceptors (Lipinski definition) is 4. The molecule has 16 heavy (non-hydrogen) atoms. The molecule has 0 saturated carbocycles. The maximum Gasteiger partial charge on any atom is 0.343 e. The SMILES string of the molecule is N#Cc1ccc(CCl)c(C(=O)O)c1[N+](=O)[O-]. The zero-order valence-corrected chi connectivity index (χ0v) is 8.56. The number of aromatic carboxylic acids is 1. The van der Waals surface area contributed by atoms with Gasteiger partial charge >= 0.3 is 11.7 Å². The van der Waals surface area contributed by atoms with Crippen LogP contribution >= 0.6 is 11.6 Å². The average molecular weight is 241 g/mol. The Morgan fingerprint density at radius 2 is 2.25 bits per heavy atom. The number of nitro groups is 1. The summed E-state index contributed by atoms with van der Waals surface area (Å²) in [6.07, 6.45) is 0. The van der Waals surface area contributed by atoms with Crippen LogP contribution in [0.25, 0.3) is 0 Å². The first-order chi connectivity index (χ1) is 7.52. The molecule has 0 aromatic heterocycles. The molecule has 0 bridgehead atoms. The highest BCUT2D eigenvalue weighted by molar-refractivity contribution is 6.17. The molecule has 0 spiro atoms. The van der Waals surface area contributed by atoms with Gasteiger partial charge < -0.3 is 5.11 Å². The van der Waals surface area contributed by atoms with Crippen molar-refractivity contribution < 1.29 is 14.8 Å². The number of nitriles is 1. The van der Waals surface area contributed by atoms with Crippen LogP contribution in [0.2, 0.25) is 0 Å². The van der Waals surface area contributed by atoms with Crippen LogP contribution in [0.5, 0.6) is 0 Å². The first-order valence-corrected chi connectivity index (χ1v) is 4.56. The number of nitrogens with zero attached hydrogens (tertiary/aromatic N) is 2. The second-order valence-electron chi connectivity index (χ2n) is 2.80. The van der Waals surface area contributed by atoms with Crippen molar-refractivity contribution in [2.75, 3.05) is 0 Å². The minimum Gasteiger partial charge on any atom is -0.477 e. The van der Waals surface area contributed by atoms with Crippen molar-refractivity contribution in [3.63, 3.8) is 0 Å². The van der Waals surface area contributed by atoms with E-state index in [4.69, 9.17) is 22.0 Å². The number of benzene rings is 1. The Balaban J connectivity index is 3.68. The van der Waals surface area contributed by atoms with Gasteiger partial charge in [0.15, 0.2) is 0 Å². The molecule has 0 aliphatic carbocycles. The lowest BCUT2D eigenvalue weighted by molar-refractivity contribution is -0.385. The zero-order valence-electron chi connectivity index (χ0n) is 7.81. The van der Waals surface area contributed by atoms with Gasteiger partial charge in [0.1, 0.15) is 17.2 Å². The van der Waals surface area contributed by atoms with Crippen LogP contribution in [0.4, 0.5) is 5.69 Å². The van der Waals surface area contributed by atoms with Gasteiger partial charge in [-0.25, -0.2) is 4.79 Å². The van der Waals surface area contributed by atoms with E-state index in [1.54, 1.807) is 6.07 Å². The molecule has 1 aromatic carbocycles. The molecule has 6 nitrogen and oxygen atoms in total. The Morgan fingerprint density at radius 1 is 1.62 bits per heavy atom. The topological polar surface area (TPSA) is 104 Å². The molecule has 0 radical (unpaired) electrons. The lowest BCUT2D eigenvalue weighted by Gasteiger charge is -2.04. The van der Waals surface area contributed by atoms with Crippen molar-refractivity contribution in [2.45, 2.75) is 5.88 Å². The molecule has 0 aliphatic rings. The molecule has 0 unspecified atom stereocenters. The van der Waals surface area contributed by atoms with Crippen molar-refractivity contribution in [1.82, 2.24) is 0 Å². The van der Waals surface area contributed by atoms with E-state index in [-0.39, 0.29) is 17.0 Å². The summed E-state index contributed by atoms with van der Waals surface area (Å²) in [4.78, 5) is 20.7. The molecule has 0 atom stereocenters. The highest BCUT2D eigenvalue weighted by Gasteiger charge is 2.27. The molecule has 1 rings (SSSR count). The molecule has 82 valence electrons. The first-order valence-electron chi connectivity index (χ1n) is 4.02. The van der Waals surface area contributed by atoms with Gasteiger partial charge in [-0.2, -0.15) is 5.26 Å². The Morgan fingerprint density at radius 3 is 2.62 bits per heavy atom. The molecule has 0 saturated heterocycles. The van der Waals surface area contributed by atoms with Crippen molar-refractivity contribution in [3.05, 3.63) is 38.9 Å². The maximum absolute atomic E-state index is 10.9. The summed E-state index contributed by atoms with van der Waals surface area (Å²) >= 11 is 5.48. The Kier molecular flexibility index (Phi) is 3.43. The van der Waals surface area contributed by atoms with Gasteiger partial charge in [-0.15, -0.1) is 11.6 Å². The van der Waals surface area contributed by atoms with Gasteiger partial charge in [0.05, 0.1) is 4.92 Å². The fraction of sp³-hybridized carbons (Fsp3) is 0.111. The first kappa shape index (κ1) is 11.9. The quantitative estimate of drug-likeness (QED) is 0.494. The van der Waals surface area contributed by atoms with Crippen molar-refractivity contribution in [3.8, 4) is 6.07 Å². The van der Waals surface area contributed by atoms with Gasteiger partial charge in [0.2, 0.25) is 0 Å². The summed E-state index contributed by atoms with van der Waals surface area (Å²) in [6.45, 7) is 0. The number of halogens is 1. The van der Waals surface area contributed by atoms with Crippen LogP contribution in [0.3, 0.4) is 0 Å². The van der Waals surface area contributed by atoms with E-state index in [0.717, 1.165) is 0 Å². The van der Waals surface area contributed by atoms with E-state index in [2.05, 4.69) is 0 Å². The normalized spacial score (nSPS) is 9.50. The predicted octanol–water partition coefficient (Wildman–Crippen LogP) is 1.90. The number of alkyl halides is 1. The molecule has 0 aliphatic heterocycles. The molecule has 0 heterocycles. The Hall–Kier alpha value is -2.13. The van der Waals surface area contributed by atoms with Crippen molar-refractivity contribution >= 4 is 23.3 Å². The molecule has 0 amide bonds. The van der Waals surface area contributed by atoms with E-state index in [1.165, 1.54) is 12.1 Å². The van der Waals surface area contributed by atoms with Gasteiger partial charge in [-0.05, 0) is 11.6 Å². The summed E-state index contributed by atoms with van der Waals surface area (Å²) in [7, 11) is 0. The molecule has 0 fully saturated rings. The van der Waals surface area contributed by atoms with Crippen LogP contribution in [-0.2, 0) is 5.88 Å². The fourth-order valence-electron chi connectivity index (χ4n) is 1.26. The smallest absolute Gasteiger partial charge is 0.343 e. The number of carbonyl (C=O) groups is 1. The van der Waals surface area contributed by atoms with Gasteiger partial charge in [-0.1, -0.05) is 6.07 Å². The number of carboxylic acid groups (broad SMARTS) is 1. The predicted molar refractivity (Wildman–Crippen MR) is 54.3 cm³/mol. The van der Waals surface area contributed by atoms with Crippen LogP contribution in [0, 0.1) is 21.4 Å². The van der Waals surface area contributed by atoms with Crippen molar-refractivity contribution in [1.29, 1.82) is 5.26 Å². The maximum atomic E-state index is 10.9. The number of hydrogen-bond donors (Lipinski definition) is 1. The van der Waals surface area contributed by atoms with Crippen LogP contribution in [-0.4, -0.2) is 16.0 Å². The number of rotatable bonds is 3. The second kappa shape index (κ2) is 4.59. The van der Waals surface area contributed by atoms with E-state index in [9.17, 15) is 14.9 Å². The molecular formula is C9H5ClN2O4. The highest BCUT2D eigenvalue weighted by Crippen LogP contribution is 2.27. The van der Waals surface area contributed by atoms with E-state index in [1.807, 2.05) is 0 Å². The summed E-state index contributed by atoms with van der Waals surface area (Å²) in [5.74, 6) is -1.65. The minimum absolute atomic E-state index is 0.111. The second-order valence-corrected chi connectivity index (χ2v) is 3.07. The summed E-state index contributed by atoms with van der Waals surface area (Å²) in [5.41, 5.74) is -1.43. The van der Waals surface area contributed by atoms with Crippen molar-refractivity contribution in [2.24, 2.45) is 0 Å². The summed E-state index contributed by atoms with van der Waals surface area (Å²) in [5, 5.41) is 28.3.